The van der Waals surface area contributed by atoms with Gasteiger partial charge in [0.05, 0.1) is 0 Å². The van der Waals surface area contributed by atoms with Crippen LogP contribution in [0.3, 0.4) is 0 Å². The summed E-state index contributed by atoms with van der Waals surface area (Å²) in [4.78, 5) is 26.2. The van der Waals surface area contributed by atoms with Crippen LogP contribution in [0.2, 0.25) is 0 Å². The van der Waals surface area contributed by atoms with Crippen molar-refractivity contribution in [3.63, 3.8) is 0 Å². The number of carbonyl (C=O) groups excluding carboxylic acids is 2. The molecular weight excluding hydrogens is 316 g/mol. The molecule has 2 N–H and O–H groups in total. The minimum Gasteiger partial charge on any atom is -0.489 e. The topological polar surface area (TPSA) is 71.2 Å². The fourth-order valence-corrected chi connectivity index (χ4v) is 2.30. The number of amides is 1. The molecule has 0 saturated heterocycles. The van der Waals surface area contributed by atoms with E-state index in [4.69, 9.17) is 4.74 Å². The second-order valence-electron chi connectivity index (χ2n) is 5.61. The molecule has 0 atom stereocenters. The SMILES string of the molecule is CC(=O)c1c[nH]c(C(=O)Nc2ccc(OCc3ccccc3)cc2)c1. The molecule has 25 heavy (non-hydrogen) atoms. The van der Waals surface area contributed by atoms with Crippen molar-refractivity contribution in [2.75, 3.05) is 5.32 Å². The maximum atomic E-state index is 12.2. The molecule has 3 aromatic rings. The van der Waals surface area contributed by atoms with E-state index in [0.717, 1.165) is 11.3 Å². The second-order valence-corrected chi connectivity index (χ2v) is 5.61. The molecule has 0 radical (unpaired) electrons. The normalized spacial score (nSPS) is 10.3. The Morgan fingerprint density at radius 3 is 2.40 bits per heavy atom. The maximum absolute atomic E-state index is 12.2. The number of aromatic amines is 1. The highest BCUT2D eigenvalue weighted by Crippen LogP contribution is 2.18. The van der Waals surface area contributed by atoms with E-state index in [-0.39, 0.29) is 11.7 Å². The van der Waals surface area contributed by atoms with Crippen LogP contribution in [0.5, 0.6) is 5.75 Å². The molecule has 3 rings (SSSR count). The predicted octanol–water partition coefficient (Wildman–Crippen LogP) is 4.05. The van der Waals surface area contributed by atoms with Gasteiger partial charge in [-0.05, 0) is 42.8 Å². The first-order chi connectivity index (χ1) is 12.1. The van der Waals surface area contributed by atoms with Gasteiger partial charge in [0.15, 0.2) is 5.78 Å². The van der Waals surface area contributed by atoms with Crippen molar-refractivity contribution in [3.8, 4) is 5.75 Å². The molecule has 0 aliphatic rings. The highest BCUT2D eigenvalue weighted by atomic mass is 16.5. The molecule has 0 bridgehead atoms. The Bertz CT molecular complexity index is 867. The number of nitrogens with one attached hydrogen (secondary N) is 2. The number of carbonyl (C=O) groups is 2. The number of hydrogen-bond donors (Lipinski definition) is 2. The summed E-state index contributed by atoms with van der Waals surface area (Å²) in [5, 5.41) is 2.77. The van der Waals surface area contributed by atoms with Crippen LogP contribution in [-0.4, -0.2) is 16.7 Å². The second kappa shape index (κ2) is 7.49. The van der Waals surface area contributed by atoms with Crippen LogP contribution in [0.25, 0.3) is 0 Å². The highest BCUT2D eigenvalue weighted by molar-refractivity contribution is 6.05. The molecule has 1 heterocycles. The summed E-state index contributed by atoms with van der Waals surface area (Å²) in [7, 11) is 0. The molecule has 0 fully saturated rings. The Hall–Kier alpha value is -3.34. The van der Waals surface area contributed by atoms with Crippen LogP contribution in [0, 0.1) is 0 Å². The zero-order valence-corrected chi connectivity index (χ0v) is 13.8. The van der Waals surface area contributed by atoms with Crippen LogP contribution < -0.4 is 10.1 Å². The smallest absolute Gasteiger partial charge is 0.272 e. The number of ketones is 1. The Kier molecular flexibility index (Phi) is 4.95. The van der Waals surface area contributed by atoms with Crippen molar-refractivity contribution in [1.82, 2.24) is 4.98 Å². The van der Waals surface area contributed by atoms with E-state index < -0.39 is 0 Å². The zero-order valence-electron chi connectivity index (χ0n) is 13.8. The van der Waals surface area contributed by atoms with Crippen molar-refractivity contribution in [1.29, 1.82) is 0 Å². The molecule has 0 spiro atoms. The number of rotatable bonds is 6. The number of H-pyrrole nitrogens is 1. The lowest BCUT2D eigenvalue weighted by molar-refractivity contribution is 0.101. The molecule has 0 aliphatic heterocycles. The summed E-state index contributed by atoms with van der Waals surface area (Å²) in [5.74, 6) is 0.335. The molecular formula is C20H18N2O3. The molecule has 0 saturated carbocycles. The van der Waals surface area contributed by atoms with Crippen molar-refractivity contribution >= 4 is 17.4 Å². The average Bonchev–Trinajstić information content (AvgIpc) is 3.13. The van der Waals surface area contributed by atoms with Gasteiger partial charge in [0, 0.05) is 17.4 Å². The number of aromatic nitrogens is 1. The molecule has 5 nitrogen and oxygen atoms in total. The first-order valence-electron chi connectivity index (χ1n) is 7.89. The highest BCUT2D eigenvalue weighted by Gasteiger charge is 2.11. The van der Waals surface area contributed by atoms with Gasteiger partial charge in [0.1, 0.15) is 18.1 Å². The van der Waals surface area contributed by atoms with Gasteiger partial charge in [0.25, 0.3) is 5.91 Å². The molecule has 0 aliphatic carbocycles. The Morgan fingerprint density at radius 2 is 1.76 bits per heavy atom. The van der Waals surface area contributed by atoms with Gasteiger partial charge in [0.2, 0.25) is 0 Å². The van der Waals surface area contributed by atoms with Crippen molar-refractivity contribution in [2.45, 2.75) is 13.5 Å². The van der Waals surface area contributed by atoms with Crippen molar-refractivity contribution in [3.05, 3.63) is 83.7 Å². The van der Waals surface area contributed by atoms with Gasteiger partial charge in [-0.1, -0.05) is 30.3 Å². The van der Waals surface area contributed by atoms with Gasteiger partial charge in [-0.15, -0.1) is 0 Å². The van der Waals surface area contributed by atoms with Gasteiger partial charge < -0.3 is 15.0 Å². The predicted molar refractivity (Wildman–Crippen MR) is 96.0 cm³/mol. The number of ether oxygens (including phenoxy) is 1. The minimum absolute atomic E-state index is 0.0878. The zero-order chi connectivity index (χ0) is 17.6. The maximum Gasteiger partial charge on any atom is 0.272 e. The number of Topliss-reactive ketones (excluding diaryl/α,β-unsaturated/α-hetero) is 1. The van der Waals surface area contributed by atoms with E-state index in [2.05, 4.69) is 10.3 Å². The van der Waals surface area contributed by atoms with E-state index >= 15 is 0 Å². The number of benzene rings is 2. The third kappa shape index (κ3) is 4.35. The fraction of sp³-hybridized carbons (Fsp3) is 0.100. The summed E-state index contributed by atoms with van der Waals surface area (Å²) < 4.78 is 5.71. The number of hydrogen-bond acceptors (Lipinski definition) is 3. The van der Waals surface area contributed by atoms with Crippen molar-refractivity contribution < 1.29 is 14.3 Å². The average molecular weight is 334 g/mol. The van der Waals surface area contributed by atoms with Gasteiger partial charge in [-0.2, -0.15) is 0 Å². The number of anilines is 1. The molecule has 1 aromatic heterocycles. The lowest BCUT2D eigenvalue weighted by Gasteiger charge is -2.08. The van der Waals surface area contributed by atoms with E-state index in [1.165, 1.54) is 19.2 Å². The van der Waals surface area contributed by atoms with E-state index in [1.54, 1.807) is 24.3 Å². The first kappa shape index (κ1) is 16.5. The molecule has 0 unspecified atom stereocenters. The summed E-state index contributed by atoms with van der Waals surface area (Å²) in [5.41, 5.74) is 2.56. The van der Waals surface area contributed by atoms with Gasteiger partial charge >= 0.3 is 0 Å². The third-order valence-electron chi connectivity index (χ3n) is 3.69. The van der Waals surface area contributed by atoms with Crippen molar-refractivity contribution in [2.24, 2.45) is 0 Å². The van der Waals surface area contributed by atoms with E-state index in [9.17, 15) is 9.59 Å². The fourth-order valence-electron chi connectivity index (χ4n) is 2.30. The third-order valence-corrected chi connectivity index (χ3v) is 3.69. The van der Waals surface area contributed by atoms with Crippen LogP contribution in [-0.2, 0) is 6.61 Å². The van der Waals surface area contributed by atoms with Crippen LogP contribution in [0.1, 0.15) is 33.3 Å². The van der Waals surface area contributed by atoms with E-state index in [1.807, 2.05) is 30.3 Å². The van der Waals surface area contributed by atoms with Crippen LogP contribution >= 0.6 is 0 Å². The summed E-state index contributed by atoms with van der Waals surface area (Å²) in [6.07, 6.45) is 1.53. The Morgan fingerprint density at radius 1 is 1.04 bits per heavy atom. The molecule has 2 aromatic carbocycles. The Balaban J connectivity index is 1.58. The molecule has 5 heteroatoms. The molecule has 1 amide bonds. The quantitative estimate of drug-likeness (QED) is 0.668. The van der Waals surface area contributed by atoms with E-state index in [0.29, 0.717) is 23.6 Å². The summed E-state index contributed by atoms with van der Waals surface area (Å²) in [6.45, 7) is 1.95. The summed E-state index contributed by atoms with van der Waals surface area (Å²) >= 11 is 0. The lowest BCUT2D eigenvalue weighted by atomic mass is 10.2. The lowest BCUT2D eigenvalue weighted by Crippen LogP contribution is -2.12. The van der Waals surface area contributed by atoms with Crippen LogP contribution in [0.4, 0.5) is 5.69 Å². The van der Waals surface area contributed by atoms with Gasteiger partial charge in [-0.3, -0.25) is 9.59 Å². The Labute approximate surface area is 145 Å². The minimum atomic E-state index is -0.301. The van der Waals surface area contributed by atoms with Crippen LogP contribution in [0.15, 0.2) is 66.9 Å². The molecule has 126 valence electrons. The van der Waals surface area contributed by atoms with Gasteiger partial charge in [-0.25, -0.2) is 0 Å². The standard InChI is InChI=1S/C20H18N2O3/c1-14(23)16-11-19(21-12-16)20(24)22-17-7-9-18(10-8-17)25-13-15-5-3-2-4-6-15/h2-12,21H,13H2,1H3,(H,22,24). The largest absolute Gasteiger partial charge is 0.489 e. The first-order valence-corrected chi connectivity index (χ1v) is 7.89. The summed E-state index contributed by atoms with van der Waals surface area (Å²) in [6, 6.07) is 18.6. The monoisotopic (exact) mass is 334 g/mol.